The second-order valence-electron chi connectivity index (χ2n) is 3.87. The number of ether oxygens (including phenoxy) is 1. The number of halogens is 3. The number of rotatable bonds is 3. The zero-order valence-electron chi connectivity index (χ0n) is 9.91. The molecule has 2 nitrogen and oxygen atoms in total. The minimum atomic E-state index is -0.0485. The van der Waals surface area contributed by atoms with Crippen LogP contribution in [0, 0.1) is 0 Å². The number of hydrogen-bond donors (Lipinski definition) is 0. The van der Waals surface area contributed by atoms with Crippen molar-refractivity contribution in [3.63, 3.8) is 0 Å². The Bertz CT molecular complexity index is 641. The second kappa shape index (κ2) is 6.07. The van der Waals surface area contributed by atoms with Gasteiger partial charge in [-0.15, -0.1) is 0 Å². The standard InChI is InChI=1S/C14H9Br2ClO2/c1-8(18)11-4-2-9(15)6-14(11)19-13-5-3-10(17)7-12(13)16/h2-7H,1H3. The van der Waals surface area contributed by atoms with E-state index in [1.807, 2.05) is 0 Å². The van der Waals surface area contributed by atoms with Crippen LogP contribution in [0.5, 0.6) is 11.5 Å². The van der Waals surface area contributed by atoms with Crippen LogP contribution in [0.2, 0.25) is 5.02 Å². The van der Waals surface area contributed by atoms with Gasteiger partial charge in [0, 0.05) is 9.50 Å². The average Bonchev–Trinajstić information content (AvgIpc) is 2.32. The van der Waals surface area contributed by atoms with E-state index in [0.29, 0.717) is 22.1 Å². The van der Waals surface area contributed by atoms with Gasteiger partial charge in [-0.25, -0.2) is 0 Å². The van der Waals surface area contributed by atoms with Crippen molar-refractivity contribution in [2.75, 3.05) is 0 Å². The summed E-state index contributed by atoms with van der Waals surface area (Å²) in [6, 6.07) is 10.5. The fourth-order valence-electron chi connectivity index (χ4n) is 1.55. The molecule has 0 aromatic heterocycles. The third-order valence-electron chi connectivity index (χ3n) is 2.44. The lowest BCUT2D eigenvalue weighted by molar-refractivity contribution is 0.101. The highest BCUT2D eigenvalue weighted by Crippen LogP contribution is 2.34. The number of Topliss-reactive ketones (excluding diaryl/α,β-unsaturated/α-hetero) is 1. The molecule has 5 heteroatoms. The van der Waals surface area contributed by atoms with E-state index in [2.05, 4.69) is 31.9 Å². The summed E-state index contributed by atoms with van der Waals surface area (Å²) in [5.41, 5.74) is 0.532. The SMILES string of the molecule is CC(=O)c1ccc(Br)cc1Oc1ccc(Cl)cc1Br. The van der Waals surface area contributed by atoms with Crippen LogP contribution in [0.3, 0.4) is 0 Å². The van der Waals surface area contributed by atoms with Crippen LogP contribution in [-0.4, -0.2) is 5.78 Å². The summed E-state index contributed by atoms with van der Waals surface area (Å²) >= 11 is 12.6. The van der Waals surface area contributed by atoms with Gasteiger partial charge in [0.1, 0.15) is 11.5 Å². The van der Waals surface area contributed by atoms with Gasteiger partial charge in [-0.1, -0.05) is 27.5 Å². The van der Waals surface area contributed by atoms with Crippen LogP contribution in [0.4, 0.5) is 0 Å². The summed E-state index contributed by atoms with van der Waals surface area (Å²) in [7, 11) is 0. The second-order valence-corrected chi connectivity index (χ2v) is 6.08. The molecule has 2 aromatic rings. The summed E-state index contributed by atoms with van der Waals surface area (Å²) in [6.07, 6.45) is 0. The molecule has 0 aliphatic heterocycles. The Balaban J connectivity index is 2.42. The van der Waals surface area contributed by atoms with E-state index in [4.69, 9.17) is 16.3 Å². The Morgan fingerprint density at radius 3 is 2.47 bits per heavy atom. The van der Waals surface area contributed by atoms with E-state index in [1.165, 1.54) is 6.92 Å². The molecule has 0 atom stereocenters. The molecule has 2 aromatic carbocycles. The first kappa shape index (κ1) is 14.6. The van der Waals surface area contributed by atoms with E-state index in [0.717, 1.165) is 8.95 Å². The van der Waals surface area contributed by atoms with Gasteiger partial charge in [0.2, 0.25) is 0 Å². The predicted octanol–water partition coefficient (Wildman–Crippen LogP) is 5.86. The van der Waals surface area contributed by atoms with Crippen LogP contribution in [0.1, 0.15) is 17.3 Å². The number of ketones is 1. The highest BCUT2D eigenvalue weighted by Gasteiger charge is 2.11. The van der Waals surface area contributed by atoms with E-state index in [9.17, 15) is 4.79 Å². The lowest BCUT2D eigenvalue weighted by Gasteiger charge is -2.11. The molecule has 0 bridgehead atoms. The minimum absolute atomic E-state index is 0.0485. The molecule has 2 rings (SSSR count). The number of benzene rings is 2. The van der Waals surface area contributed by atoms with Gasteiger partial charge >= 0.3 is 0 Å². The monoisotopic (exact) mass is 402 g/mol. The Hall–Kier alpha value is -0.840. The number of carbonyl (C=O) groups is 1. The zero-order valence-corrected chi connectivity index (χ0v) is 13.8. The first-order valence-corrected chi connectivity index (χ1v) is 7.37. The first-order chi connectivity index (χ1) is 8.97. The van der Waals surface area contributed by atoms with Crippen molar-refractivity contribution in [2.24, 2.45) is 0 Å². The highest BCUT2D eigenvalue weighted by molar-refractivity contribution is 9.10. The molecule has 0 aliphatic carbocycles. The Kier molecular flexibility index (Phi) is 4.66. The molecule has 0 radical (unpaired) electrons. The summed E-state index contributed by atoms with van der Waals surface area (Å²) in [6.45, 7) is 1.51. The van der Waals surface area contributed by atoms with Crippen LogP contribution in [-0.2, 0) is 0 Å². The van der Waals surface area contributed by atoms with E-state index in [1.54, 1.807) is 36.4 Å². The van der Waals surface area contributed by atoms with Crippen LogP contribution in [0.25, 0.3) is 0 Å². The Morgan fingerprint density at radius 2 is 1.84 bits per heavy atom. The van der Waals surface area contributed by atoms with Crippen molar-refractivity contribution < 1.29 is 9.53 Å². The molecule has 0 N–H and O–H groups in total. The van der Waals surface area contributed by atoms with Gasteiger partial charge in [0.25, 0.3) is 0 Å². The van der Waals surface area contributed by atoms with Crippen LogP contribution in [0.15, 0.2) is 45.3 Å². The molecule has 0 heterocycles. The van der Waals surface area contributed by atoms with E-state index in [-0.39, 0.29) is 5.78 Å². The van der Waals surface area contributed by atoms with Crippen molar-refractivity contribution in [1.82, 2.24) is 0 Å². The van der Waals surface area contributed by atoms with Gasteiger partial charge < -0.3 is 4.74 Å². The largest absolute Gasteiger partial charge is 0.455 e. The van der Waals surface area contributed by atoms with Crippen LogP contribution < -0.4 is 4.74 Å². The fraction of sp³-hybridized carbons (Fsp3) is 0.0714. The maximum Gasteiger partial charge on any atom is 0.163 e. The smallest absolute Gasteiger partial charge is 0.163 e. The van der Waals surface area contributed by atoms with E-state index >= 15 is 0 Å². The van der Waals surface area contributed by atoms with Gasteiger partial charge in [-0.05, 0) is 59.3 Å². The molecule has 0 amide bonds. The maximum atomic E-state index is 11.6. The molecular weight excluding hydrogens is 395 g/mol. The molecule has 98 valence electrons. The summed E-state index contributed by atoms with van der Waals surface area (Å²) in [4.78, 5) is 11.6. The Morgan fingerprint density at radius 1 is 1.11 bits per heavy atom. The maximum absolute atomic E-state index is 11.6. The molecule has 0 saturated carbocycles. The molecule has 0 fully saturated rings. The topological polar surface area (TPSA) is 26.3 Å². The lowest BCUT2D eigenvalue weighted by atomic mass is 10.1. The molecule has 0 spiro atoms. The lowest BCUT2D eigenvalue weighted by Crippen LogP contribution is -1.97. The highest BCUT2D eigenvalue weighted by atomic mass is 79.9. The van der Waals surface area contributed by atoms with Crippen molar-refractivity contribution in [2.45, 2.75) is 6.92 Å². The van der Waals surface area contributed by atoms with Gasteiger partial charge in [-0.3, -0.25) is 4.79 Å². The van der Waals surface area contributed by atoms with Gasteiger partial charge in [-0.2, -0.15) is 0 Å². The normalized spacial score (nSPS) is 10.3. The zero-order chi connectivity index (χ0) is 14.0. The van der Waals surface area contributed by atoms with Gasteiger partial charge in [0.05, 0.1) is 10.0 Å². The number of carbonyl (C=O) groups excluding carboxylic acids is 1. The third-order valence-corrected chi connectivity index (χ3v) is 3.78. The molecule has 19 heavy (non-hydrogen) atoms. The average molecular weight is 404 g/mol. The third kappa shape index (κ3) is 3.59. The molecule has 0 unspecified atom stereocenters. The molecular formula is C14H9Br2ClO2. The van der Waals surface area contributed by atoms with Crippen molar-refractivity contribution in [3.05, 3.63) is 55.9 Å². The summed E-state index contributed by atoms with van der Waals surface area (Å²) in [5.74, 6) is 1.06. The minimum Gasteiger partial charge on any atom is -0.455 e. The quantitative estimate of drug-likeness (QED) is 0.599. The van der Waals surface area contributed by atoms with E-state index < -0.39 is 0 Å². The number of hydrogen-bond acceptors (Lipinski definition) is 2. The summed E-state index contributed by atoms with van der Waals surface area (Å²) in [5, 5.41) is 0.611. The van der Waals surface area contributed by atoms with Crippen molar-refractivity contribution in [1.29, 1.82) is 0 Å². The first-order valence-electron chi connectivity index (χ1n) is 5.41. The fourth-order valence-corrected chi connectivity index (χ4v) is 2.65. The Labute approximate surface area is 133 Å². The van der Waals surface area contributed by atoms with Gasteiger partial charge in [0.15, 0.2) is 5.78 Å². The van der Waals surface area contributed by atoms with Crippen molar-refractivity contribution >= 4 is 49.2 Å². The van der Waals surface area contributed by atoms with Crippen LogP contribution >= 0.6 is 43.5 Å². The molecule has 0 aliphatic rings. The molecule has 0 saturated heterocycles. The van der Waals surface area contributed by atoms with Crippen molar-refractivity contribution in [3.8, 4) is 11.5 Å². The predicted molar refractivity (Wildman–Crippen MR) is 83.4 cm³/mol. The summed E-state index contributed by atoms with van der Waals surface area (Å²) < 4.78 is 7.36.